The van der Waals surface area contributed by atoms with Crippen molar-refractivity contribution < 1.29 is 0 Å². The monoisotopic (exact) mass is 279 g/mol. The molecule has 19 heavy (non-hydrogen) atoms. The zero-order chi connectivity index (χ0) is 13.4. The van der Waals surface area contributed by atoms with Crippen molar-refractivity contribution in [3.63, 3.8) is 0 Å². The summed E-state index contributed by atoms with van der Waals surface area (Å²) in [5, 5.41) is 4.12. The number of rotatable bonds is 4. The molecule has 2 fully saturated rings. The Labute approximate surface area is 120 Å². The van der Waals surface area contributed by atoms with E-state index in [0.717, 1.165) is 35.6 Å². The lowest BCUT2D eigenvalue weighted by molar-refractivity contribution is 0.439. The minimum atomic E-state index is 0.545. The molecule has 1 heterocycles. The molecule has 0 radical (unpaired) electrons. The van der Waals surface area contributed by atoms with Gasteiger partial charge >= 0.3 is 0 Å². The summed E-state index contributed by atoms with van der Waals surface area (Å²) in [6.07, 6.45) is 6.48. The molecule has 1 aromatic rings. The van der Waals surface area contributed by atoms with Crippen LogP contribution in [-0.2, 0) is 0 Å². The predicted molar refractivity (Wildman–Crippen MR) is 78.7 cm³/mol. The number of anilines is 1. The normalized spacial score (nSPS) is 26.7. The van der Waals surface area contributed by atoms with Crippen LogP contribution in [0.5, 0.6) is 0 Å². The van der Waals surface area contributed by atoms with Crippen LogP contribution in [0.1, 0.15) is 56.3 Å². The van der Waals surface area contributed by atoms with Gasteiger partial charge in [0, 0.05) is 18.0 Å². The summed E-state index contributed by atoms with van der Waals surface area (Å²) in [6, 6.07) is 0. The van der Waals surface area contributed by atoms with E-state index in [0.29, 0.717) is 11.1 Å². The Morgan fingerprint density at radius 1 is 1.21 bits per heavy atom. The fourth-order valence-corrected chi connectivity index (χ4v) is 3.13. The molecule has 104 valence electrons. The molecule has 2 aliphatic carbocycles. The molecular formula is C15H22ClN3. The SMILES string of the molecule is Cc1c(Cl)nc(C2CC2)nc1NCC1CCCC1C. The second-order valence-corrected chi connectivity index (χ2v) is 6.53. The standard InChI is InChI=1S/C15H22ClN3/c1-9-4-3-5-12(9)8-17-14-10(2)13(16)18-15(19-14)11-6-7-11/h9,11-12H,3-8H2,1-2H3,(H,17,18,19). The van der Waals surface area contributed by atoms with Gasteiger partial charge in [-0.05, 0) is 38.0 Å². The Bertz CT molecular complexity index is 471. The molecule has 1 N–H and O–H groups in total. The van der Waals surface area contributed by atoms with Crippen molar-refractivity contribution in [2.45, 2.75) is 51.9 Å². The number of nitrogens with one attached hydrogen (secondary N) is 1. The molecule has 0 saturated heterocycles. The van der Waals surface area contributed by atoms with E-state index in [1.54, 1.807) is 0 Å². The van der Waals surface area contributed by atoms with E-state index in [4.69, 9.17) is 11.6 Å². The van der Waals surface area contributed by atoms with Gasteiger partial charge in [-0.1, -0.05) is 31.4 Å². The highest BCUT2D eigenvalue weighted by atomic mass is 35.5. The van der Waals surface area contributed by atoms with Crippen LogP contribution in [-0.4, -0.2) is 16.5 Å². The van der Waals surface area contributed by atoms with Gasteiger partial charge in [-0.25, -0.2) is 9.97 Å². The van der Waals surface area contributed by atoms with Crippen LogP contribution in [0.3, 0.4) is 0 Å². The van der Waals surface area contributed by atoms with Crippen molar-refractivity contribution in [3.8, 4) is 0 Å². The highest BCUT2D eigenvalue weighted by Crippen LogP contribution is 2.39. The van der Waals surface area contributed by atoms with E-state index in [9.17, 15) is 0 Å². The minimum absolute atomic E-state index is 0.545. The number of nitrogens with zero attached hydrogens (tertiary/aromatic N) is 2. The van der Waals surface area contributed by atoms with E-state index in [-0.39, 0.29) is 0 Å². The summed E-state index contributed by atoms with van der Waals surface area (Å²) >= 11 is 6.22. The van der Waals surface area contributed by atoms with Gasteiger partial charge < -0.3 is 5.32 Å². The minimum Gasteiger partial charge on any atom is -0.369 e. The van der Waals surface area contributed by atoms with Crippen molar-refractivity contribution in [1.82, 2.24) is 9.97 Å². The average molecular weight is 280 g/mol. The number of hydrogen-bond acceptors (Lipinski definition) is 3. The number of aromatic nitrogens is 2. The summed E-state index contributed by atoms with van der Waals surface area (Å²) in [6.45, 7) is 5.37. The molecule has 2 aliphatic rings. The van der Waals surface area contributed by atoms with Gasteiger partial charge in [0.05, 0.1) is 0 Å². The summed E-state index contributed by atoms with van der Waals surface area (Å²) in [5.74, 6) is 4.02. The Morgan fingerprint density at radius 3 is 2.63 bits per heavy atom. The first-order chi connectivity index (χ1) is 9.15. The molecule has 2 unspecified atom stereocenters. The number of halogens is 1. The Hall–Kier alpha value is -0.830. The highest BCUT2D eigenvalue weighted by Gasteiger charge is 2.28. The van der Waals surface area contributed by atoms with Crippen molar-refractivity contribution in [2.75, 3.05) is 11.9 Å². The molecule has 0 spiro atoms. The Kier molecular flexibility index (Phi) is 3.66. The third-order valence-electron chi connectivity index (χ3n) is 4.62. The zero-order valence-corrected chi connectivity index (χ0v) is 12.5. The van der Waals surface area contributed by atoms with Crippen molar-refractivity contribution in [1.29, 1.82) is 0 Å². The molecular weight excluding hydrogens is 258 g/mol. The van der Waals surface area contributed by atoms with Gasteiger partial charge in [0.2, 0.25) is 0 Å². The van der Waals surface area contributed by atoms with Crippen molar-refractivity contribution in [3.05, 3.63) is 16.5 Å². The lowest BCUT2D eigenvalue weighted by Gasteiger charge is -2.18. The van der Waals surface area contributed by atoms with E-state index in [1.807, 2.05) is 6.92 Å². The molecule has 2 atom stereocenters. The van der Waals surface area contributed by atoms with E-state index in [1.165, 1.54) is 32.1 Å². The van der Waals surface area contributed by atoms with Gasteiger partial charge in [-0.15, -0.1) is 0 Å². The first-order valence-corrected chi connectivity index (χ1v) is 7.81. The third-order valence-corrected chi connectivity index (χ3v) is 4.99. The molecule has 0 aromatic carbocycles. The van der Waals surface area contributed by atoms with Crippen molar-refractivity contribution in [2.24, 2.45) is 11.8 Å². The summed E-state index contributed by atoms with van der Waals surface area (Å²) in [5.41, 5.74) is 0.983. The predicted octanol–water partition coefficient (Wildman–Crippen LogP) is 4.16. The first kappa shape index (κ1) is 13.2. The maximum Gasteiger partial charge on any atom is 0.137 e. The van der Waals surface area contributed by atoms with Crippen LogP contribution in [0.25, 0.3) is 0 Å². The van der Waals surface area contributed by atoms with Gasteiger partial charge in [0.1, 0.15) is 16.8 Å². The van der Waals surface area contributed by atoms with Crippen LogP contribution in [0, 0.1) is 18.8 Å². The lowest BCUT2D eigenvalue weighted by Crippen LogP contribution is -2.18. The van der Waals surface area contributed by atoms with E-state index >= 15 is 0 Å². The summed E-state index contributed by atoms with van der Waals surface area (Å²) in [7, 11) is 0. The van der Waals surface area contributed by atoms with Gasteiger partial charge in [0.25, 0.3) is 0 Å². The fraction of sp³-hybridized carbons (Fsp3) is 0.733. The average Bonchev–Trinajstić information content (AvgIpc) is 3.15. The number of hydrogen-bond donors (Lipinski definition) is 1. The molecule has 3 nitrogen and oxygen atoms in total. The summed E-state index contributed by atoms with van der Waals surface area (Å²) in [4.78, 5) is 9.08. The highest BCUT2D eigenvalue weighted by molar-refractivity contribution is 6.30. The molecule has 0 bridgehead atoms. The van der Waals surface area contributed by atoms with Crippen LogP contribution >= 0.6 is 11.6 Å². The second-order valence-electron chi connectivity index (χ2n) is 6.17. The van der Waals surface area contributed by atoms with E-state index < -0.39 is 0 Å². The fourth-order valence-electron chi connectivity index (χ4n) is 2.95. The largest absolute Gasteiger partial charge is 0.369 e. The lowest BCUT2D eigenvalue weighted by atomic mass is 9.98. The smallest absolute Gasteiger partial charge is 0.137 e. The third kappa shape index (κ3) is 2.86. The maximum atomic E-state index is 6.22. The van der Waals surface area contributed by atoms with E-state index in [2.05, 4.69) is 22.2 Å². The zero-order valence-electron chi connectivity index (χ0n) is 11.7. The topological polar surface area (TPSA) is 37.8 Å². The first-order valence-electron chi connectivity index (χ1n) is 7.43. The molecule has 3 rings (SSSR count). The summed E-state index contributed by atoms with van der Waals surface area (Å²) < 4.78 is 0. The van der Waals surface area contributed by atoms with Crippen LogP contribution in [0.15, 0.2) is 0 Å². The van der Waals surface area contributed by atoms with Gasteiger partial charge in [-0.3, -0.25) is 0 Å². The molecule has 0 aliphatic heterocycles. The molecule has 4 heteroatoms. The maximum absolute atomic E-state index is 6.22. The molecule has 0 amide bonds. The van der Waals surface area contributed by atoms with Gasteiger partial charge in [-0.2, -0.15) is 0 Å². The Morgan fingerprint density at radius 2 is 2.00 bits per heavy atom. The van der Waals surface area contributed by atoms with Crippen LogP contribution in [0.2, 0.25) is 5.15 Å². The van der Waals surface area contributed by atoms with Gasteiger partial charge in [0.15, 0.2) is 0 Å². The van der Waals surface area contributed by atoms with Crippen LogP contribution < -0.4 is 5.32 Å². The second kappa shape index (κ2) is 5.28. The Balaban J connectivity index is 1.72. The van der Waals surface area contributed by atoms with Crippen molar-refractivity contribution >= 4 is 17.4 Å². The quantitative estimate of drug-likeness (QED) is 0.841. The molecule has 2 saturated carbocycles. The molecule has 1 aromatic heterocycles. The van der Waals surface area contributed by atoms with Crippen LogP contribution in [0.4, 0.5) is 5.82 Å².